The van der Waals surface area contributed by atoms with Crippen molar-refractivity contribution in [2.45, 2.75) is 46.1 Å². The van der Waals surface area contributed by atoms with Crippen LogP contribution in [0.4, 0.5) is 10.5 Å². The first-order valence-corrected chi connectivity index (χ1v) is 13.4. The summed E-state index contributed by atoms with van der Waals surface area (Å²) >= 11 is 0. The fourth-order valence-corrected chi connectivity index (χ4v) is 4.57. The maximum Gasteiger partial charge on any atom is 0.338 e. The Hall–Kier alpha value is -4.46. The Bertz CT molecular complexity index is 1480. The first-order valence-electron chi connectivity index (χ1n) is 13.4. The van der Waals surface area contributed by atoms with Gasteiger partial charge >= 0.3 is 12.0 Å². The summed E-state index contributed by atoms with van der Waals surface area (Å²) < 4.78 is 6.67. The zero-order valence-electron chi connectivity index (χ0n) is 22.6. The Morgan fingerprint density at radius 3 is 2.31 bits per heavy atom. The Morgan fingerprint density at radius 2 is 1.64 bits per heavy atom. The van der Waals surface area contributed by atoms with Crippen LogP contribution in [0.1, 0.15) is 62.3 Å². The fourth-order valence-electron chi connectivity index (χ4n) is 4.57. The molecule has 8 nitrogen and oxygen atoms in total. The summed E-state index contributed by atoms with van der Waals surface area (Å²) in [5, 5.41) is 3.48. The van der Waals surface area contributed by atoms with E-state index in [1.54, 1.807) is 46.7 Å². The van der Waals surface area contributed by atoms with Crippen LogP contribution in [0.3, 0.4) is 0 Å². The van der Waals surface area contributed by atoms with E-state index in [1.165, 1.54) is 0 Å². The van der Waals surface area contributed by atoms with Gasteiger partial charge in [0.1, 0.15) is 5.82 Å². The molecule has 8 heteroatoms. The first kappa shape index (κ1) is 27.6. The number of hydrogen-bond acceptors (Lipinski definition) is 5. The molecule has 0 fully saturated rings. The minimum atomic E-state index is -0.465. The summed E-state index contributed by atoms with van der Waals surface area (Å²) in [5.74, 6) is 0.101. The summed E-state index contributed by atoms with van der Waals surface area (Å²) in [4.78, 5) is 46.2. The average molecular weight is 527 g/mol. The summed E-state index contributed by atoms with van der Waals surface area (Å²) in [5.41, 5.74) is 2.08. The number of ether oxygens (including phenoxy) is 1. The third-order valence-electron chi connectivity index (χ3n) is 6.54. The molecule has 1 atom stereocenters. The van der Waals surface area contributed by atoms with Gasteiger partial charge in [0, 0.05) is 12.2 Å². The fraction of sp³-hybridized carbons (Fsp3) is 0.290. The van der Waals surface area contributed by atoms with Gasteiger partial charge in [-0.15, -0.1) is 0 Å². The highest BCUT2D eigenvalue weighted by atomic mass is 16.5. The molecule has 0 saturated heterocycles. The predicted molar refractivity (Wildman–Crippen MR) is 153 cm³/mol. The topological polar surface area (TPSA) is 93.5 Å². The molecule has 202 valence electrons. The van der Waals surface area contributed by atoms with Crippen LogP contribution in [0.25, 0.3) is 16.6 Å². The quantitative estimate of drug-likeness (QED) is 0.243. The van der Waals surface area contributed by atoms with Gasteiger partial charge in [-0.1, -0.05) is 50.6 Å². The van der Waals surface area contributed by atoms with E-state index in [9.17, 15) is 14.4 Å². The van der Waals surface area contributed by atoms with Crippen LogP contribution in [0, 0.1) is 0 Å². The molecule has 0 aliphatic heterocycles. The van der Waals surface area contributed by atoms with Gasteiger partial charge in [0.2, 0.25) is 0 Å². The van der Waals surface area contributed by atoms with Crippen LogP contribution < -0.4 is 10.9 Å². The lowest BCUT2D eigenvalue weighted by molar-refractivity contribution is 0.0526. The van der Waals surface area contributed by atoms with Crippen LogP contribution in [-0.4, -0.2) is 39.6 Å². The number of carbonyl (C=O) groups is 2. The smallest absolute Gasteiger partial charge is 0.338 e. The highest BCUT2D eigenvalue weighted by Crippen LogP contribution is 2.27. The second kappa shape index (κ2) is 12.9. The second-order valence-electron chi connectivity index (χ2n) is 9.16. The number of amides is 2. The maximum absolute atomic E-state index is 13.8. The van der Waals surface area contributed by atoms with E-state index in [0.29, 0.717) is 53.2 Å². The van der Waals surface area contributed by atoms with E-state index in [2.05, 4.69) is 12.2 Å². The van der Waals surface area contributed by atoms with E-state index in [-0.39, 0.29) is 11.6 Å². The second-order valence-corrected chi connectivity index (χ2v) is 9.16. The minimum absolute atomic E-state index is 0.175. The number of hydrogen-bond donors (Lipinski definition) is 1. The molecule has 0 bridgehead atoms. The number of nitrogens with zero attached hydrogens (tertiary/aromatic N) is 3. The molecule has 4 aromatic rings. The van der Waals surface area contributed by atoms with Crippen LogP contribution >= 0.6 is 0 Å². The molecule has 0 radical (unpaired) electrons. The molecular formula is C31H34N4O4. The van der Waals surface area contributed by atoms with E-state index >= 15 is 0 Å². The predicted octanol–water partition coefficient (Wildman–Crippen LogP) is 6.35. The maximum atomic E-state index is 13.8. The monoisotopic (exact) mass is 526 g/mol. The van der Waals surface area contributed by atoms with Gasteiger partial charge in [-0.3, -0.25) is 9.36 Å². The summed E-state index contributed by atoms with van der Waals surface area (Å²) in [6.07, 6.45) is 2.23. The average Bonchev–Trinajstić information content (AvgIpc) is 2.96. The van der Waals surface area contributed by atoms with Crippen LogP contribution in [-0.2, 0) is 4.74 Å². The van der Waals surface area contributed by atoms with Crippen LogP contribution in [0.2, 0.25) is 0 Å². The van der Waals surface area contributed by atoms with Crippen molar-refractivity contribution < 1.29 is 14.3 Å². The van der Waals surface area contributed by atoms with E-state index < -0.39 is 12.0 Å². The van der Waals surface area contributed by atoms with Gasteiger partial charge in [0.25, 0.3) is 5.56 Å². The van der Waals surface area contributed by atoms with Gasteiger partial charge < -0.3 is 15.0 Å². The molecule has 3 aromatic carbocycles. The van der Waals surface area contributed by atoms with Crippen molar-refractivity contribution in [1.82, 2.24) is 14.5 Å². The van der Waals surface area contributed by atoms with Crippen molar-refractivity contribution >= 4 is 28.6 Å². The number of anilines is 1. The molecule has 0 aliphatic rings. The van der Waals surface area contributed by atoms with Crippen molar-refractivity contribution in [3.8, 4) is 5.69 Å². The highest BCUT2D eigenvalue weighted by Gasteiger charge is 2.29. The molecule has 39 heavy (non-hydrogen) atoms. The number of nitrogens with one attached hydrogen (secondary N) is 1. The van der Waals surface area contributed by atoms with E-state index in [4.69, 9.17) is 9.72 Å². The molecule has 1 N–H and O–H groups in total. The summed E-state index contributed by atoms with van der Waals surface area (Å²) in [6.45, 7) is 6.59. The zero-order chi connectivity index (χ0) is 27.8. The van der Waals surface area contributed by atoms with Crippen molar-refractivity contribution in [2.75, 3.05) is 18.5 Å². The number of rotatable bonds is 10. The Kier molecular flexibility index (Phi) is 9.10. The molecule has 2 amide bonds. The summed E-state index contributed by atoms with van der Waals surface area (Å²) in [6, 6.07) is 22.5. The lowest BCUT2D eigenvalue weighted by atomic mass is 10.1. The number of fused-ring (bicyclic) bond motifs is 1. The van der Waals surface area contributed by atoms with Gasteiger partial charge in [-0.25, -0.2) is 14.6 Å². The zero-order valence-corrected chi connectivity index (χ0v) is 22.6. The SMILES string of the molecule is CCCCN(C(=O)Nc1ccc(C(=O)OCC)cc1)C(CC)c1nc2ccccc2c(=O)n1-c1ccccc1. The molecule has 0 aliphatic carbocycles. The molecule has 4 rings (SSSR count). The normalized spacial score (nSPS) is 11.7. The van der Waals surface area contributed by atoms with Crippen molar-refractivity contribution in [3.05, 3.63) is 101 Å². The third-order valence-corrected chi connectivity index (χ3v) is 6.54. The molecular weight excluding hydrogens is 492 g/mol. The van der Waals surface area contributed by atoms with E-state index in [0.717, 1.165) is 12.8 Å². The Morgan fingerprint density at radius 1 is 0.949 bits per heavy atom. The van der Waals surface area contributed by atoms with E-state index in [1.807, 2.05) is 55.5 Å². The number of para-hydroxylation sites is 2. The van der Waals surface area contributed by atoms with Gasteiger partial charge in [0.05, 0.1) is 34.8 Å². The number of esters is 1. The Balaban J connectivity index is 1.75. The van der Waals surface area contributed by atoms with Gasteiger partial charge in [-0.05, 0) is 68.3 Å². The highest BCUT2D eigenvalue weighted by molar-refractivity contribution is 5.92. The number of benzene rings is 3. The van der Waals surface area contributed by atoms with Crippen molar-refractivity contribution in [2.24, 2.45) is 0 Å². The molecule has 0 spiro atoms. The number of urea groups is 1. The van der Waals surface area contributed by atoms with Gasteiger partial charge in [0.15, 0.2) is 0 Å². The first-order chi connectivity index (χ1) is 19.0. The standard InChI is InChI=1S/C31H34N4O4/c1-4-7-21-34(31(38)32-23-19-17-22(18-20-23)30(37)39-6-3)27(5-2)28-33-26-16-12-11-15-25(26)29(36)35(28)24-13-9-8-10-14-24/h8-20,27H,4-7,21H2,1-3H3,(H,32,38). The van der Waals surface area contributed by atoms with Crippen molar-refractivity contribution in [3.63, 3.8) is 0 Å². The number of carbonyl (C=O) groups excluding carboxylic acids is 2. The lowest BCUT2D eigenvalue weighted by Gasteiger charge is -2.32. The molecule has 1 aromatic heterocycles. The van der Waals surface area contributed by atoms with Gasteiger partial charge in [-0.2, -0.15) is 0 Å². The van der Waals surface area contributed by atoms with Crippen molar-refractivity contribution in [1.29, 1.82) is 0 Å². The molecule has 0 saturated carbocycles. The molecule has 1 heterocycles. The third kappa shape index (κ3) is 6.17. The largest absolute Gasteiger partial charge is 0.462 e. The lowest BCUT2D eigenvalue weighted by Crippen LogP contribution is -2.41. The number of unbranched alkanes of at least 4 members (excludes halogenated alkanes) is 1. The van der Waals surface area contributed by atoms with Crippen LogP contribution in [0.5, 0.6) is 0 Å². The summed E-state index contributed by atoms with van der Waals surface area (Å²) in [7, 11) is 0. The molecule has 1 unspecified atom stereocenters. The Labute approximate surface area is 228 Å². The van der Waals surface area contributed by atoms with Crippen LogP contribution in [0.15, 0.2) is 83.7 Å². The minimum Gasteiger partial charge on any atom is -0.462 e. The number of aromatic nitrogens is 2.